The number of nitrogens with zero attached hydrogens (tertiary/aromatic N) is 1. The Balaban J connectivity index is 1.49. The molecule has 1 heteroatoms. The summed E-state index contributed by atoms with van der Waals surface area (Å²) < 4.78 is 0. The smallest absolute Gasteiger partial charge is 0.0353 e. The predicted octanol–water partition coefficient (Wildman–Crippen LogP) is 5.18. The lowest BCUT2D eigenvalue weighted by molar-refractivity contribution is -0.114. The van der Waals surface area contributed by atoms with Crippen LogP contribution in [-0.2, 0) is 0 Å². The van der Waals surface area contributed by atoms with Crippen molar-refractivity contribution in [1.82, 2.24) is 4.90 Å². The van der Waals surface area contributed by atoms with Gasteiger partial charge in [-0.25, -0.2) is 0 Å². The van der Waals surface area contributed by atoms with Gasteiger partial charge in [0.25, 0.3) is 0 Å². The second kappa shape index (κ2) is 5.09. The van der Waals surface area contributed by atoms with Crippen LogP contribution in [0.25, 0.3) is 0 Å². The molecule has 0 radical (unpaired) electrons. The van der Waals surface area contributed by atoms with Gasteiger partial charge in [0.15, 0.2) is 0 Å². The number of hydrogen-bond donors (Lipinski definition) is 0. The highest BCUT2D eigenvalue weighted by Crippen LogP contribution is 2.59. The molecule has 0 spiro atoms. The Hall–Kier alpha value is -0.820. The van der Waals surface area contributed by atoms with E-state index in [0.29, 0.717) is 11.6 Å². The molecule has 1 unspecified atom stereocenters. The third-order valence-corrected chi connectivity index (χ3v) is 7.30. The Bertz CT molecular complexity index is 499. The third-order valence-electron chi connectivity index (χ3n) is 7.30. The first kappa shape index (κ1) is 13.6. The van der Waals surface area contributed by atoms with Crippen molar-refractivity contribution in [1.29, 1.82) is 0 Å². The Morgan fingerprint density at radius 3 is 2.09 bits per heavy atom. The summed E-state index contributed by atoms with van der Waals surface area (Å²) in [7, 11) is 0. The van der Waals surface area contributed by atoms with Gasteiger partial charge in [0.2, 0.25) is 0 Å². The van der Waals surface area contributed by atoms with Crippen LogP contribution in [0.1, 0.15) is 69.4 Å². The minimum Gasteiger partial charge on any atom is -0.291 e. The summed E-state index contributed by atoms with van der Waals surface area (Å²) >= 11 is 0. The number of benzene rings is 1. The van der Waals surface area contributed by atoms with Gasteiger partial charge in [-0.05, 0) is 81.2 Å². The third kappa shape index (κ3) is 2.08. The standard InChI is InChI=1S/C21H29N/c1-2-6-19(7-3-1)20-8-4-5-9-22(20)21-13-16-10-17(14-21)12-18(11-16)15-21/h1-3,6-7,16-18,20H,4-5,8-15H2. The molecule has 6 rings (SSSR count). The van der Waals surface area contributed by atoms with Crippen LogP contribution in [0, 0.1) is 17.8 Å². The summed E-state index contributed by atoms with van der Waals surface area (Å²) in [5.74, 6) is 3.18. The molecule has 0 aromatic heterocycles. The lowest BCUT2D eigenvalue weighted by atomic mass is 9.52. The molecular weight excluding hydrogens is 266 g/mol. The highest BCUT2D eigenvalue weighted by Gasteiger charge is 2.54. The SMILES string of the molecule is c1ccc(C2CCCCN2C23CC4CC(CC(C4)C2)C3)cc1. The molecule has 4 bridgehead atoms. The van der Waals surface area contributed by atoms with Crippen molar-refractivity contribution in [2.75, 3.05) is 6.54 Å². The van der Waals surface area contributed by atoms with Gasteiger partial charge in [-0.1, -0.05) is 36.8 Å². The highest BCUT2D eigenvalue weighted by molar-refractivity contribution is 5.21. The summed E-state index contributed by atoms with van der Waals surface area (Å²) in [6, 6.07) is 12.1. The molecule has 0 N–H and O–H groups in total. The Kier molecular flexibility index (Phi) is 3.15. The van der Waals surface area contributed by atoms with Gasteiger partial charge < -0.3 is 0 Å². The van der Waals surface area contributed by atoms with E-state index in [1.807, 2.05) is 0 Å². The van der Waals surface area contributed by atoms with Crippen LogP contribution >= 0.6 is 0 Å². The van der Waals surface area contributed by atoms with Gasteiger partial charge >= 0.3 is 0 Å². The molecule has 4 saturated carbocycles. The fraction of sp³-hybridized carbons (Fsp3) is 0.714. The van der Waals surface area contributed by atoms with E-state index in [-0.39, 0.29) is 0 Å². The van der Waals surface area contributed by atoms with E-state index in [4.69, 9.17) is 0 Å². The van der Waals surface area contributed by atoms with Crippen molar-refractivity contribution < 1.29 is 0 Å². The van der Waals surface area contributed by atoms with Crippen LogP contribution in [0.15, 0.2) is 30.3 Å². The fourth-order valence-corrected chi connectivity index (χ4v) is 6.94. The zero-order valence-corrected chi connectivity index (χ0v) is 13.7. The summed E-state index contributed by atoms with van der Waals surface area (Å²) in [5, 5.41) is 0. The molecule has 0 amide bonds. The summed E-state index contributed by atoms with van der Waals surface area (Å²) in [6.45, 7) is 1.35. The van der Waals surface area contributed by atoms with Crippen LogP contribution in [0.2, 0.25) is 0 Å². The molecule has 1 aromatic carbocycles. The fourth-order valence-electron chi connectivity index (χ4n) is 6.94. The molecule has 1 aromatic rings. The van der Waals surface area contributed by atoms with Crippen molar-refractivity contribution in [3.05, 3.63) is 35.9 Å². The predicted molar refractivity (Wildman–Crippen MR) is 90.6 cm³/mol. The van der Waals surface area contributed by atoms with Crippen molar-refractivity contribution in [3.63, 3.8) is 0 Å². The summed E-state index contributed by atoms with van der Waals surface area (Å²) in [5.41, 5.74) is 2.16. The second-order valence-corrected chi connectivity index (χ2v) is 8.76. The monoisotopic (exact) mass is 295 g/mol. The van der Waals surface area contributed by atoms with Crippen molar-refractivity contribution in [2.45, 2.75) is 69.4 Å². The molecule has 1 nitrogen and oxygen atoms in total. The van der Waals surface area contributed by atoms with E-state index >= 15 is 0 Å². The number of rotatable bonds is 2. The van der Waals surface area contributed by atoms with Crippen molar-refractivity contribution in [3.8, 4) is 0 Å². The molecule has 1 saturated heterocycles. The van der Waals surface area contributed by atoms with Gasteiger partial charge in [-0.15, -0.1) is 0 Å². The average Bonchev–Trinajstić information content (AvgIpc) is 2.54. The van der Waals surface area contributed by atoms with Gasteiger partial charge in [-0.3, -0.25) is 4.90 Å². The van der Waals surface area contributed by atoms with Gasteiger partial charge in [0.05, 0.1) is 0 Å². The maximum atomic E-state index is 3.01. The first-order valence-corrected chi connectivity index (χ1v) is 9.64. The lowest BCUT2D eigenvalue weighted by Gasteiger charge is -2.63. The van der Waals surface area contributed by atoms with Gasteiger partial charge in [-0.2, -0.15) is 0 Å². The minimum atomic E-state index is 0.579. The maximum Gasteiger partial charge on any atom is 0.0353 e. The van der Waals surface area contributed by atoms with Crippen LogP contribution in [0.5, 0.6) is 0 Å². The molecular formula is C21H29N. The molecule has 22 heavy (non-hydrogen) atoms. The first-order chi connectivity index (χ1) is 10.8. The quantitative estimate of drug-likeness (QED) is 0.726. The van der Waals surface area contributed by atoms with E-state index in [2.05, 4.69) is 35.2 Å². The zero-order valence-electron chi connectivity index (χ0n) is 13.7. The van der Waals surface area contributed by atoms with E-state index in [1.54, 1.807) is 24.8 Å². The molecule has 1 aliphatic heterocycles. The summed E-state index contributed by atoms with van der Waals surface area (Å²) in [6.07, 6.45) is 13.4. The molecule has 5 fully saturated rings. The molecule has 4 aliphatic carbocycles. The van der Waals surface area contributed by atoms with E-state index in [1.165, 1.54) is 45.1 Å². The van der Waals surface area contributed by atoms with Crippen LogP contribution in [-0.4, -0.2) is 17.0 Å². The van der Waals surface area contributed by atoms with Crippen LogP contribution < -0.4 is 0 Å². The normalized spacial score (nSPS) is 44.4. The Labute approximate surface area is 135 Å². The average molecular weight is 295 g/mol. The second-order valence-electron chi connectivity index (χ2n) is 8.76. The summed E-state index contributed by atoms with van der Waals surface area (Å²) in [4.78, 5) is 3.01. The van der Waals surface area contributed by atoms with Gasteiger partial charge in [0.1, 0.15) is 0 Å². The van der Waals surface area contributed by atoms with Crippen molar-refractivity contribution in [2.24, 2.45) is 17.8 Å². The van der Waals surface area contributed by atoms with Crippen LogP contribution in [0.4, 0.5) is 0 Å². The lowest BCUT2D eigenvalue weighted by Crippen LogP contribution is -2.61. The minimum absolute atomic E-state index is 0.579. The van der Waals surface area contributed by atoms with Crippen LogP contribution in [0.3, 0.4) is 0 Å². The molecule has 1 atom stereocenters. The largest absolute Gasteiger partial charge is 0.291 e. The Morgan fingerprint density at radius 1 is 0.818 bits per heavy atom. The van der Waals surface area contributed by atoms with Crippen molar-refractivity contribution >= 4 is 0 Å². The molecule has 118 valence electrons. The molecule has 1 heterocycles. The topological polar surface area (TPSA) is 3.24 Å². The maximum absolute atomic E-state index is 3.01. The highest BCUT2D eigenvalue weighted by atomic mass is 15.2. The number of hydrogen-bond acceptors (Lipinski definition) is 1. The zero-order chi connectivity index (χ0) is 14.6. The Morgan fingerprint density at radius 2 is 1.45 bits per heavy atom. The van der Waals surface area contributed by atoms with Gasteiger partial charge in [0, 0.05) is 11.6 Å². The van der Waals surface area contributed by atoms with E-state index in [9.17, 15) is 0 Å². The van der Waals surface area contributed by atoms with E-state index in [0.717, 1.165) is 17.8 Å². The van der Waals surface area contributed by atoms with E-state index < -0.39 is 0 Å². The number of piperidine rings is 1. The first-order valence-electron chi connectivity index (χ1n) is 9.64. The molecule has 5 aliphatic rings. The number of likely N-dealkylation sites (tertiary alicyclic amines) is 1.